The van der Waals surface area contributed by atoms with Crippen LogP contribution < -0.4 is 20.3 Å². The number of piperidine rings is 1. The van der Waals surface area contributed by atoms with Crippen LogP contribution in [0.1, 0.15) is 38.5 Å². The van der Waals surface area contributed by atoms with Crippen LogP contribution in [0.2, 0.25) is 0 Å². The van der Waals surface area contributed by atoms with E-state index in [0.29, 0.717) is 5.95 Å². The summed E-state index contributed by atoms with van der Waals surface area (Å²) >= 11 is 0. The maximum absolute atomic E-state index is 12.4. The third-order valence-corrected chi connectivity index (χ3v) is 5.86. The zero-order valence-electron chi connectivity index (χ0n) is 16.9. The molecule has 0 spiro atoms. The largest absolute Gasteiger partial charge is 0.495 e. The van der Waals surface area contributed by atoms with E-state index in [-0.39, 0.29) is 17.9 Å². The van der Waals surface area contributed by atoms with E-state index in [1.54, 1.807) is 13.3 Å². The molecule has 1 saturated carbocycles. The molecule has 1 aromatic heterocycles. The fourth-order valence-corrected chi connectivity index (χ4v) is 4.19. The summed E-state index contributed by atoms with van der Waals surface area (Å²) in [6, 6.07) is 9.87. The SMILES string of the molecule is COc1ccccc1Nc1ccnc(N2CCC(NC(=O)C3CCCC3)CC2)n1. The van der Waals surface area contributed by atoms with Gasteiger partial charge in [-0.2, -0.15) is 4.98 Å². The lowest BCUT2D eigenvalue weighted by Crippen LogP contribution is -2.46. The number of nitrogens with one attached hydrogen (secondary N) is 2. The number of carbonyl (C=O) groups is 1. The van der Waals surface area contributed by atoms with Gasteiger partial charge in [0.2, 0.25) is 11.9 Å². The minimum atomic E-state index is 0.231. The van der Waals surface area contributed by atoms with Gasteiger partial charge in [-0.15, -0.1) is 0 Å². The molecule has 154 valence electrons. The van der Waals surface area contributed by atoms with Crippen molar-refractivity contribution in [1.29, 1.82) is 0 Å². The number of hydrogen-bond acceptors (Lipinski definition) is 6. The maximum atomic E-state index is 12.4. The summed E-state index contributed by atoms with van der Waals surface area (Å²) in [6.45, 7) is 1.68. The molecule has 1 amide bonds. The summed E-state index contributed by atoms with van der Waals surface area (Å²) in [5.74, 6) is 2.70. The highest BCUT2D eigenvalue weighted by Gasteiger charge is 2.27. The first-order valence-electron chi connectivity index (χ1n) is 10.5. The van der Waals surface area contributed by atoms with Crippen molar-refractivity contribution in [3.63, 3.8) is 0 Å². The van der Waals surface area contributed by atoms with Gasteiger partial charge in [0.15, 0.2) is 0 Å². The zero-order chi connectivity index (χ0) is 20.1. The lowest BCUT2D eigenvalue weighted by atomic mass is 10.0. The summed E-state index contributed by atoms with van der Waals surface area (Å²) < 4.78 is 5.39. The normalized spacial score (nSPS) is 17.9. The number of benzene rings is 1. The lowest BCUT2D eigenvalue weighted by molar-refractivity contribution is -0.125. The second-order valence-electron chi connectivity index (χ2n) is 7.82. The van der Waals surface area contributed by atoms with Crippen LogP contribution in [-0.4, -0.2) is 42.1 Å². The van der Waals surface area contributed by atoms with Crippen molar-refractivity contribution in [2.45, 2.75) is 44.6 Å². The van der Waals surface area contributed by atoms with Gasteiger partial charge in [0.1, 0.15) is 11.6 Å². The molecule has 29 heavy (non-hydrogen) atoms. The second-order valence-corrected chi connectivity index (χ2v) is 7.82. The number of hydrogen-bond donors (Lipinski definition) is 2. The predicted molar refractivity (Wildman–Crippen MR) is 114 cm³/mol. The Morgan fingerprint density at radius 2 is 1.86 bits per heavy atom. The Morgan fingerprint density at radius 1 is 1.10 bits per heavy atom. The summed E-state index contributed by atoms with van der Waals surface area (Å²) in [5.41, 5.74) is 0.869. The minimum absolute atomic E-state index is 0.231. The van der Waals surface area contributed by atoms with Gasteiger partial charge in [-0.25, -0.2) is 4.98 Å². The van der Waals surface area contributed by atoms with E-state index in [2.05, 4.69) is 25.5 Å². The molecule has 0 unspecified atom stereocenters. The molecule has 0 bridgehead atoms. The number of amides is 1. The Morgan fingerprint density at radius 3 is 2.62 bits per heavy atom. The molecule has 1 aliphatic carbocycles. The molecule has 2 N–H and O–H groups in total. The van der Waals surface area contributed by atoms with Crippen molar-refractivity contribution in [2.24, 2.45) is 5.92 Å². The molecule has 2 fully saturated rings. The average Bonchev–Trinajstić information content (AvgIpc) is 3.30. The Balaban J connectivity index is 1.34. The first-order chi connectivity index (χ1) is 14.2. The summed E-state index contributed by atoms with van der Waals surface area (Å²) in [6.07, 6.45) is 8.08. The fourth-order valence-electron chi connectivity index (χ4n) is 4.19. The highest BCUT2D eigenvalue weighted by Crippen LogP contribution is 2.27. The fraction of sp³-hybridized carbons (Fsp3) is 0.500. The monoisotopic (exact) mass is 395 g/mol. The van der Waals surface area contributed by atoms with Crippen molar-refractivity contribution < 1.29 is 9.53 Å². The van der Waals surface area contributed by atoms with Gasteiger partial charge in [-0.3, -0.25) is 4.79 Å². The zero-order valence-corrected chi connectivity index (χ0v) is 16.9. The number of rotatable bonds is 6. The lowest BCUT2D eigenvalue weighted by Gasteiger charge is -2.33. The van der Waals surface area contributed by atoms with Crippen LogP contribution >= 0.6 is 0 Å². The van der Waals surface area contributed by atoms with Crippen molar-refractivity contribution in [1.82, 2.24) is 15.3 Å². The minimum Gasteiger partial charge on any atom is -0.495 e. The van der Waals surface area contributed by atoms with Gasteiger partial charge >= 0.3 is 0 Å². The van der Waals surface area contributed by atoms with E-state index in [0.717, 1.165) is 56.0 Å². The van der Waals surface area contributed by atoms with Crippen LogP contribution in [0, 0.1) is 5.92 Å². The topological polar surface area (TPSA) is 79.4 Å². The van der Waals surface area contributed by atoms with Crippen molar-refractivity contribution >= 4 is 23.4 Å². The van der Waals surface area contributed by atoms with Crippen molar-refractivity contribution in [3.05, 3.63) is 36.5 Å². The second kappa shape index (κ2) is 9.11. The summed E-state index contributed by atoms with van der Waals surface area (Å²) in [7, 11) is 1.65. The van der Waals surface area contributed by atoms with E-state index < -0.39 is 0 Å². The third kappa shape index (κ3) is 4.78. The van der Waals surface area contributed by atoms with Crippen molar-refractivity contribution in [3.8, 4) is 5.75 Å². The van der Waals surface area contributed by atoms with Crippen LogP contribution in [0.4, 0.5) is 17.5 Å². The Kier molecular flexibility index (Phi) is 6.12. The van der Waals surface area contributed by atoms with E-state index in [4.69, 9.17) is 4.74 Å². The van der Waals surface area contributed by atoms with E-state index in [1.165, 1.54) is 12.8 Å². The predicted octanol–water partition coefficient (Wildman–Crippen LogP) is 3.50. The molecule has 2 aliphatic rings. The molecule has 2 aromatic rings. The van der Waals surface area contributed by atoms with Crippen LogP contribution in [0.25, 0.3) is 0 Å². The molecule has 2 heterocycles. The first-order valence-corrected chi connectivity index (χ1v) is 10.5. The Labute approximate surface area is 171 Å². The third-order valence-electron chi connectivity index (χ3n) is 5.86. The number of methoxy groups -OCH3 is 1. The summed E-state index contributed by atoms with van der Waals surface area (Å²) in [4.78, 5) is 23.7. The molecule has 1 aliphatic heterocycles. The van der Waals surface area contributed by atoms with Gasteiger partial charge in [-0.05, 0) is 43.9 Å². The van der Waals surface area contributed by atoms with E-state index in [9.17, 15) is 4.79 Å². The number of carbonyl (C=O) groups excluding carboxylic acids is 1. The van der Waals surface area contributed by atoms with Crippen LogP contribution in [0.3, 0.4) is 0 Å². The smallest absolute Gasteiger partial charge is 0.227 e. The van der Waals surface area contributed by atoms with Gasteiger partial charge in [0.25, 0.3) is 0 Å². The summed E-state index contributed by atoms with van der Waals surface area (Å²) in [5, 5.41) is 6.57. The molecule has 7 nitrogen and oxygen atoms in total. The van der Waals surface area contributed by atoms with Gasteiger partial charge in [0.05, 0.1) is 12.8 Å². The van der Waals surface area contributed by atoms with Gasteiger partial charge in [-0.1, -0.05) is 25.0 Å². The average molecular weight is 396 g/mol. The molecule has 4 rings (SSSR count). The highest BCUT2D eigenvalue weighted by molar-refractivity contribution is 5.79. The maximum Gasteiger partial charge on any atom is 0.227 e. The molecule has 7 heteroatoms. The standard InChI is InChI=1S/C22H29N5O2/c1-29-19-9-5-4-8-18(19)25-20-10-13-23-22(26-20)27-14-11-17(12-15-27)24-21(28)16-6-2-3-7-16/h4-5,8-10,13,16-17H,2-3,6-7,11-12,14-15H2,1H3,(H,24,28)(H,23,25,26). The first kappa shape index (κ1) is 19.5. The molecule has 0 radical (unpaired) electrons. The van der Waals surface area contributed by atoms with E-state index in [1.807, 2.05) is 30.3 Å². The van der Waals surface area contributed by atoms with Gasteiger partial charge < -0.3 is 20.3 Å². The molecule has 0 atom stereocenters. The number of aromatic nitrogens is 2. The number of ether oxygens (including phenoxy) is 1. The molecule has 1 aromatic carbocycles. The number of anilines is 3. The highest BCUT2D eigenvalue weighted by atomic mass is 16.5. The number of nitrogens with zero attached hydrogens (tertiary/aromatic N) is 3. The van der Waals surface area contributed by atoms with E-state index >= 15 is 0 Å². The molecule has 1 saturated heterocycles. The molecular weight excluding hydrogens is 366 g/mol. The van der Waals surface area contributed by atoms with Crippen molar-refractivity contribution in [2.75, 3.05) is 30.4 Å². The van der Waals surface area contributed by atoms with Gasteiger partial charge in [0, 0.05) is 31.2 Å². The number of para-hydroxylation sites is 2. The van der Waals surface area contributed by atoms with Crippen LogP contribution in [-0.2, 0) is 4.79 Å². The molecular formula is C22H29N5O2. The quantitative estimate of drug-likeness (QED) is 0.779. The van der Waals surface area contributed by atoms with Crippen LogP contribution in [0.5, 0.6) is 5.75 Å². The van der Waals surface area contributed by atoms with Crippen LogP contribution in [0.15, 0.2) is 36.5 Å². The Hall–Kier alpha value is -2.83. The Bertz CT molecular complexity index is 829.